The van der Waals surface area contributed by atoms with E-state index in [2.05, 4.69) is 5.32 Å². The summed E-state index contributed by atoms with van der Waals surface area (Å²) in [5.74, 6) is 0. The van der Waals surface area contributed by atoms with Crippen LogP contribution in [-0.2, 0) is 11.3 Å². The fourth-order valence-corrected chi connectivity index (χ4v) is 2.46. The van der Waals surface area contributed by atoms with E-state index in [9.17, 15) is 15.0 Å². The predicted octanol–water partition coefficient (Wildman–Crippen LogP) is 2.75. The molecule has 0 bridgehead atoms. The van der Waals surface area contributed by atoms with Crippen molar-refractivity contribution >= 4 is 17.1 Å². The van der Waals surface area contributed by atoms with Crippen LogP contribution in [0.25, 0.3) is 11.0 Å². The number of nitrogens with one attached hydrogen (secondary N) is 1. The molecule has 1 heterocycles. The first-order chi connectivity index (χ1) is 12.1. The van der Waals surface area contributed by atoms with Crippen molar-refractivity contribution < 1.29 is 24.2 Å². The van der Waals surface area contributed by atoms with E-state index in [4.69, 9.17) is 9.15 Å². The molecule has 0 aliphatic carbocycles. The molecule has 130 valence electrons. The van der Waals surface area contributed by atoms with Gasteiger partial charge in [-0.3, -0.25) is 0 Å². The summed E-state index contributed by atoms with van der Waals surface area (Å²) < 4.78 is 10.3. The summed E-state index contributed by atoms with van der Waals surface area (Å²) in [6, 6.07) is 16.2. The molecule has 1 amide bonds. The highest BCUT2D eigenvalue weighted by atomic mass is 16.5. The minimum Gasteiger partial charge on any atom is -0.464 e. The first-order valence-electron chi connectivity index (χ1n) is 7.91. The Hall–Kier alpha value is -2.83. The molecule has 0 aliphatic rings. The van der Waals surface area contributed by atoms with Crippen LogP contribution in [0.1, 0.15) is 17.2 Å². The van der Waals surface area contributed by atoms with Crippen molar-refractivity contribution in [1.82, 2.24) is 5.32 Å². The van der Waals surface area contributed by atoms with Gasteiger partial charge in [-0.15, -0.1) is 0 Å². The number of carbonyl (C=O) groups excluding carboxylic acids is 1. The number of carbonyl (C=O) groups is 1. The van der Waals surface area contributed by atoms with Crippen molar-refractivity contribution in [2.45, 2.75) is 18.8 Å². The fraction of sp³-hybridized carbons (Fsp3) is 0.211. The first kappa shape index (κ1) is 17.0. The van der Waals surface area contributed by atoms with Gasteiger partial charge in [0.1, 0.15) is 24.4 Å². The summed E-state index contributed by atoms with van der Waals surface area (Å²) in [5.41, 5.74) is 2.11. The van der Waals surface area contributed by atoms with Crippen LogP contribution < -0.4 is 5.32 Å². The third kappa shape index (κ3) is 4.37. The van der Waals surface area contributed by atoms with Crippen LogP contribution in [0.2, 0.25) is 0 Å². The summed E-state index contributed by atoms with van der Waals surface area (Å²) in [7, 11) is 0. The van der Waals surface area contributed by atoms with E-state index in [0.717, 1.165) is 10.9 Å². The molecule has 2 unspecified atom stereocenters. The van der Waals surface area contributed by atoms with Crippen molar-refractivity contribution in [3.8, 4) is 0 Å². The van der Waals surface area contributed by atoms with E-state index in [-0.39, 0.29) is 13.2 Å². The monoisotopic (exact) mass is 341 g/mol. The molecule has 0 spiro atoms. The molecule has 0 saturated carbocycles. The van der Waals surface area contributed by atoms with Crippen LogP contribution in [0.15, 0.2) is 65.3 Å². The van der Waals surface area contributed by atoms with Gasteiger partial charge in [0.15, 0.2) is 0 Å². The maximum absolute atomic E-state index is 11.7. The topological polar surface area (TPSA) is 91.9 Å². The molecule has 3 aromatic rings. The van der Waals surface area contributed by atoms with Crippen LogP contribution in [-0.4, -0.2) is 29.0 Å². The molecule has 1 aromatic heterocycles. The number of hydrogen-bond donors (Lipinski definition) is 3. The Morgan fingerprint density at radius 2 is 1.92 bits per heavy atom. The van der Waals surface area contributed by atoms with E-state index < -0.39 is 18.3 Å². The van der Waals surface area contributed by atoms with Gasteiger partial charge in [-0.05, 0) is 29.3 Å². The SMILES string of the molecule is O=C(NCC(O)C(O)c1ccc2occc2c1)OCc1ccccc1. The number of hydrogen-bond acceptors (Lipinski definition) is 5. The van der Waals surface area contributed by atoms with E-state index in [1.54, 1.807) is 30.5 Å². The fourth-order valence-electron chi connectivity index (χ4n) is 2.46. The minimum atomic E-state index is -1.16. The average Bonchev–Trinajstić information content (AvgIpc) is 3.12. The van der Waals surface area contributed by atoms with Crippen molar-refractivity contribution in [1.29, 1.82) is 0 Å². The van der Waals surface area contributed by atoms with Gasteiger partial charge in [0, 0.05) is 11.9 Å². The Balaban J connectivity index is 1.49. The van der Waals surface area contributed by atoms with Crippen LogP contribution >= 0.6 is 0 Å². The van der Waals surface area contributed by atoms with Crippen LogP contribution in [0.4, 0.5) is 4.79 Å². The van der Waals surface area contributed by atoms with Gasteiger partial charge < -0.3 is 24.7 Å². The lowest BCUT2D eigenvalue weighted by Gasteiger charge is -2.18. The molecule has 2 aromatic carbocycles. The molecular formula is C19H19NO5. The lowest BCUT2D eigenvalue weighted by Crippen LogP contribution is -2.35. The van der Waals surface area contributed by atoms with Crippen molar-refractivity contribution in [2.24, 2.45) is 0 Å². The second-order valence-corrected chi connectivity index (χ2v) is 5.67. The standard InChI is InChI=1S/C19H19NO5/c21-16(11-20-19(23)25-12-13-4-2-1-3-5-13)18(22)15-6-7-17-14(10-15)8-9-24-17/h1-10,16,18,21-22H,11-12H2,(H,20,23). The number of rotatable bonds is 6. The minimum absolute atomic E-state index is 0.127. The van der Waals surface area contributed by atoms with Gasteiger partial charge in [-0.2, -0.15) is 0 Å². The zero-order valence-electron chi connectivity index (χ0n) is 13.5. The second-order valence-electron chi connectivity index (χ2n) is 5.67. The van der Waals surface area contributed by atoms with Gasteiger partial charge in [0.05, 0.1) is 6.26 Å². The van der Waals surface area contributed by atoms with Crippen LogP contribution in [0.5, 0.6) is 0 Å². The highest BCUT2D eigenvalue weighted by molar-refractivity contribution is 5.77. The summed E-state index contributed by atoms with van der Waals surface area (Å²) >= 11 is 0. The average molecular weight is 341 g/mol. The Morgan fingerprint density at radius 1 is 1.12 bits per heavy atom. The first-order valence-corrected chi connectivity index (χ1v) is 7.91. The third-order valence-electron chi connectivity index (χ3n) is 3.85. The number of fused-ring (bicyclic) bond motifs is 1. The molecule has 0 radical (unpaired) electrons. The quantitative estimate of drug-likeness (QED) is 0.641. The number of aliphatic hydroxyl groups excluding tert-OH is 2. The maximum atomic E-state index is 11.7. The Morgan fingerprint density at radius 3 is 2.72 bits per heavy atom. The molecule has 3 rings (SSSR count). The summed E-state index contributed by atoms with van der Waals surface area (Å²) in [5, 5.41) is 23.6. The number of furan rings is 1. The smallest absolute Gasteiger partial charge is 0.407 e. The van der Waals surface area contributed by atoms with Crippen molar-refractivity contribution in [2.75, 3.05) is 6.54 Å². The van der Waals surface area contributed by atoms with Gasteiger partial charge in [0.2, 0.25) is 0 Å². The zero-order chi connectivity index (χ0) is 17.6. The molecule has 0 aliphatic heterocycles. The predicted molar refractivity (Wildman–Crippen MR) is 91.8 cm³/mol. The Labute approximate surface area is 144 Å². The largest absolute Gasteiger partial charge is 0.464 e. The number of alkyl carbamates (subject to hydrolysis) is 1. The lowest BCUT2D eigenvalue weighted by atomic mass is 10.0. The van der Waals surface area contributed by atoms with E-state index in [1.807, 2.05) is 30.3 Å². The van der Waals surface area contributed by atoms with E-state index in [0.29, 0.717) is 11.1 Å². The molecule has 2 atom stereocenters. The number of benzene rings is 2. The molecule has 0 fully saturated rings. The van der Waals surface area contributed by atoms with E-state index in [1.165, 1.54) is 0 Å². The Bertz CT molecular complexity index is 830. The van der Waals surface area contributed by atoms with Gasteiger partial charge in [-0.25, -0.2) is 4.79 Å². The van der Waals surface area contributed by atoms with Crippen LogP contribution in [0, 0.1) is 0 Å². The van der Waals surface area contributed by atoms with Gasteiger partial charge in [0.25, 0.3) is 0 Å². The Kier molecular flexibility index (Phi) is 5.33. The van der Waals surface area contributed by atoms with Crippen molar-refractivity contribution in [3.05, 3.63) is 72.0 Å². The molecule has 3 N–H and O–H groups in total. The number of amides is 1. The van der Waals surface area contributed by atoms with Crippen molar-refractivity contribution in [3.63, 3.8) is 0 Å². The van der Waals surface area contributed by atoms with E-state index >= 15 is 0 Å². The number of ether oxygens (including phenoxy) is 1. The summed E-state index contributed by atoms with van der Waals surface area (Å²) in [6.45, 7) is 0.0146. The van der Waals surface area contributed by atoms with Crippen LogP contribution in [0.3, 0.4) is 0 Å². The molecule has 25 heavy (non-hydrogen) atoms. The number of aliphatic hydroxyl groups is 2. The molecule has 0 saturated heterocycles. The summed E-state index contributed by atoms with van der Waals surface area (Å²) in [6.07, 6.45) is -1.38. The second kappa shape index (κ2) is 7.83. The molecule has 6 heteroatoms. The highest BCUT2D eigenvalue weighted by Crippen LogP contribution is 2.23. The van der Waals surface area contributed by atoms with Gasteiger partial charge in [-0.1, -0.05) is 36.4 Å². The molecular weight excluding hydrogens is 322 g/mol. The third-order valence-corrected chi connectivity index (χ3v) is 3.85. The normalized spacial score (nSPS) is 13.4. The highest BCUT2D eigenvalue weighted by Gasteiger charge is 2.20. The maximum Gasteiger partial charge on any atom is 0.407 e. The lowest BCUT2D eigenvalue weighted by molar-refractivity contribution is 0.0185. The zero-order valence-corrected chi connectivity index (χ0v) is 13.5. The summed E-state index contributed by atoms with van der Waals surface area (Å²) in [4.78, 5) is 11.7. The molecule has 6 nitrogen and oxygen atoms in total. The van der Waals surface area contributed by atoms with Gasteiger partial charge >= 0.3 is 6.09 Å².